The van der Waals surface area contributed by atoms with Crippen molar-refractivity contribution in [2.45, 2.75) is 13.8 Å². The van der Waals surface area contributed by atoms with Crippen LogP contribution in [0, 0.1) is 3.57 Å². The lowest BCUT2D eigenvalue weighted by Crippen LogP contribution is -2.29. The van der Waals surface area contributed by atoms with Crippen molar-refractivity contribution in [3.63, 3.8) is 0 Å². The molecule has 3 rings (SSSR count). The molecule has 1 aliphatic heterocycles. The zero-order valence-corrected chi connectivity index (χ0v) is 17.9. The molecule has 28 heavy (non-hydrogen) atoms. The number of halogens is 1. The summed E-state index contributed by atoms with van der Waals surface area (Å²) in [5, 5.41) is 5.07. The number of carbonyl (C=O) groups excluding carboxylic acids is 2. The summed E-state index contributed by atoms with van der Waals surface area (Å²) in [5.74, 6) is 0.344. The molecule has 2 aromatic carbocycles. The summed E-state index contributed by atoms with van der Waals surface area (Å²) in [6.07, 6.45) is 1.71. The average Bonchev–Trinajstić information content (AvgIpc) is 2.98. The highest BCUT2D eigenvalue weighted by molar-refractivity contribution is 14.1. The minimum atomic E-state index is -0.452. The molecule has 2 aromatic rings. The monoisotopic (exact) mass is 490 g/mol. The predicted molar refractivity (Wildman–Crippen MR) is 116 cm³/mol. The van der Waals surface area contributed by atoms with E-state index in [1.165, 1.54) is 0 Å². The van der Waals surface area contributed by atoms with E-state index in [0.29, 0.717) is 35.0 Å². The van der Waals surface area contributed by atoms with Crippen LogP contribution < -0.4 is 9.47 Å². The summed E-state index contributed by atoms with van der Waals surface area (Å²) in [7, 11) is 1.57. The molecule has 0 fully saturated rings. The molecule has 0 aliphatic carbocycles. The predicted octanol–water partition coefficient (Wildman–Crippen LogP) is 4.14. The molecule has 2 amide bonds. The third-order valence-corrected chi connectivity index (χ3v) is 4.93. The fourth-order valence-corrected chi connectivity index (χ4v) is 3.58. The Morgan fingerprint density at radius 1 is 1.25 bits per heavy atom. The summed E-state index contributed by atoms with van der Waals surface area (Å²) in [6, 6.07) is 12.3. The van der Waals surface area contributed by atoms with E-state index < -0.39 is 11.8 Å². The number of nitrogens with zero attached hydrogens (tertiary/aromatic N) is 2. The summed E-state index contributed by atoms with van der Waals surface area (Å²) in [6.45, 7) is 4.13. The molecular weight excluding hydrogens is 471 g/mol. The number of ether oxygens (including phenoxy) is 2. The minimum Gasteiger partial charge on any atom is -0.493 e. The van der Waals surface area contributed by atoms with Gasteiger partial charge in [-0.25, -0.2) is 0 Å². The van der Waals surface area contributed by atoms with E-state index in [-0.39, 0.29) is 0 Å². The Balaban J connectivity index is 1.93. The van der Waals surface area contributed by atoms with Crippen molar-refractivity contribution < 1.29 is 19.1 Å². The first-order chi connectivity index (χ1) is 13.5. The molecule has 1 aliphatic rings. The number of hydrogen-bond donors (Lipinski definition) is 0. The lowest BCUT2D eigenvalue weighted by Gasteiger charge is -2.12. The highest BCUT2D eigenvalue weighted by Gasteiger charge is 2.33. The van der Waals surface area contributed by atoms with Gasteiger partial charge in [0.25, 0.3) is 11.8 Å². The van der Waals surface area contributed by atoms with Crippen LogP contribution >= 0.6 is 22.6 Å². The van der Waals surface area contributed by atoms with E-state index in [2.05, 4.69) is 27.7 Å². The van der Waals surface area contributed by atoms with Crippen LogP contribution in [0.5, 0.6) is 11.5 Å². The number of hydrogen-bond acceptors (Lipinski definition) is 5. The maximum absolute atomic E-state index is 12.8. The van der Waals surface area contributed by atoms with Gasteiger partial charge in [-0.15, -0.1) is 0 Å². The summed E-state index contributed by atoms with van der Waals surface area (Å²) in [5.41, 5.74) is 2.02. The van der Waals surface area contributed by atoms with E-state index in [1.54, 1.807) is 50.4 Å². The molecule has 0 aromatic heterocycles. The van der Waals surface area contributed by atoms with Crippen LogP contribution in [0.15, 0.2) is 53.1 Å². The Kier molecular flexibility index (Phi) is 6.13. The van der Waals surface area contributed by atoms with Crippen LogP contribution in [0.2, 0.25) is 0 Å². The molecule has 7 heteroatoms. The third kappa shape index (κ3) is 3.94. The fourth-order valence-electron chi connectivity index (χ4n) is 2.80. The van der Waals surface area contributed by atoms with E-state index in [9.17, 15) is 9.59 Å². The molecule has 0 bridgehead atoms. The molecule has 0 unspecified atom stereocenters. The van der Waals surface area contributed by atoms with Crippen molar-refractivity contribution in [2.24, 2.45) is 5.10 Å². The van der Waals surface area contributed by atoms with Crippen molar-refractivity contribution in [1.29, 1.82) is 0 Å². The SMILES string of the molecule is CCOc1c(I)cc(/C=C2/C(=O)N(C(=O)c3ccccc3)N=C2C)cc1OC. The second-order valence-electron chi connectivity index (χ2n) is 6.00. The van der Waals surface area contributed by atoms with Crippen LogP contribution in [-0.2, 0) is 4.79 Å². The Morgan fingerprint density at radius 3 is 2.61 bits per heavy atom. The third-order valence-electron chi connectivity index (χ3n) is 4.13. The van der Waals surface area contributed by atoms with Crippen molar-refractivity contribution in [3.8, 4) is 11.5 Å². The number of rotatable bonds is 5. The first kappa shape index (κ1) is 20.1. The van der Waals surface area contributed by atoms with E-state index in [0.717, 1.165) is 14.1 Å². The van der Waals surface area contributed by atoms with Crippen molar-refractivity contribution in [1.82, 2.24) is 5.01 Å². The largest absolute Gasteiger partial charge is 0.493 e. The number of amides is 2. The average molecular weight is 490 g/mol. The van der Waals surface area contributed by atoms with Gasteiger partial charge in [0.15, 0.2) is 11.5 Å². The molecule has 0 N–H and O–H groups in total. The van der Waals surface area contributed by atoms with Crippen LogP contribution in [0.25, 0.3) is 6.08 Å². The smallest absolute Gasteiger partial charge is 0.283 e. The Bertz CT molecular complexity index is 983. The fraction of sp³-hybridized carbons (Fsp3) is 0.190. The van der Waals surface area contributed by atoms with Crippen LogP contribution in [0.3, 0.4) is 0 Å². The van der Waals surface area contributed by atoms with E-state index in [4.69, 9.17) is 9.47 Å². The van der Waals surface area contributed by atoms with Crippen LogP contribution in [0.1, 0.15) is 29.8 Å². The van der Waals surface area contributed by atoms with Crippen LogP contribution in [-0.4, -0.2) is 36.3 Å². The van der Waals surface area contributed by atoms with Gasteiger partial charge >= 0.3 is 0 Å². The Labute approximate surface area is 177 Å². The topological polar surface area (TPSA) is 68.2 Å². The molecule has 144 valence electrons. The van der Waals surface area contributed by atoms with Gasteiger partial charge in [-0.05, 0) is 72.3 Å². The van der Waals surface area contributed by atoms with Gasteiger partial charge in [-0.1, -0.05) is 18.2 Å². The zero-order valence-electron chi connectivity index (χ0n) is 15.7. The molecule has 0 atom stereocenters. The van der Waals surface area contributed by atoms with Gasteiger partial charge in [0.1, 0.15) is 0 Å². The Morgan fingerprint density at radius 2 is 1.96 bits per heavy atom. The first-order valence-electron chi connectivity index (χ1n) is 8.67. The molecule has 0 spiro atoms. The summed E-state index contributed by atoms with van der Waals surface area (Å²) >= 11 is 2.16. The lowest BCUT2D eigenvalue weighted by molar-refractivity contribution is -0.123. The van der Waals surface area contributed by atoms with Gasteiger partial charge in [0.05, 0.1) is 28.6 Å². The maximum Gasteiger partial charge on any atom is 0.283 e. The van der Waals surface area contributed by atoms with Gasteiger partial charge < -0.3 is 9.47 Å². The van der Waals surface area contributed by atoms with Gasteiger partial charge in [0.2, 0.25) is 0 Å². The molecule has 0 saturated heterocycles. The quantitative estimate of drug-likeness (QED) is 0.359. The van der Waals surface area contributed by atoms with Crippen molar-refractivity contribution in [3.05, 3.63) is 62.7 Å². The van der Waals surface area contributed by atoms with Crippen LogP contribution in [0.4, 0.5) is 0 Å². The normalized spacial score (nSPS) is 15.0. The maximum atomic E-state index is 12.8. The second kappa shape index (κ2) is 8.55. The number of imide groups is 1. The molecular formula is C21H19IN2O4. The highest BCUT2D eigenvalue weighted by Crippen LogP contribution is 2.35. The van der Waals surface area contributed by atoms with Gasteiger partial charge in [-0.2, -0.15) is 10.1 Å². The van der Waals surface area contributed by atoms with Crippen molar-refractivity contribution in [2.75, 3.05) is 13.7 Å². The molecule has 0 radical (unpaired) electrons. The summed E-state index contributed by atoms with van der Waals surface area (Å²) < 4.78 is 11.9. The zero-order chi connectivity index (χ0) is 20.3. The van der Waals surface area contributed by atoms with Crippen molar-refractivity contribution >= 4 is 46.2 Å². The molecule has 1 heterocycles. The number of methoxy groups -OCH3 is 1. The van der Waals surface area contributed by atoms with Gasteiger partial charge in [-0.3, -0.25) is 9.59 Å². The summed E-state index contributed by atoms with van der Waals surface area (Å²) in [4.78, 5) is 25.4. The standard InChI is InChI=1S/C21H19IN2O4/c1-4-28-19-17(22)11-14(12-18(19)27-3)10-16-13(2)23-24(21(16)26)20(25)15-8-6-5-7-9-15/h5-12H,4H2,1-3H3/b16-10+. The molecule has 0 saturated carbocycles. The van der Waals surface area contributed by atoms with E-state index in [1.807, 2.05) is 19.1 Å². The number of carbonyl (C=O) groups is 2. The van der Waals surface area contributed by atoms with E-state index >= 15 is 0 Å². The second-order valence-corrected chi connectivity index (χ2v) is 7.16. The first-order valence-corrected chi connectivity index (χ1v) is 9.75. The number of benzene rings is 2. The highest BCUT2D eigenvalue weighted by atomic mass is 127. The number of hydrazone groups is 1. The van der Waals surface area contributed by atoms with Gasteiger partial charge in [0, 0.05) is 5.56 Å². The lowest BCUT2D eigenvalue weighted by atomic mass is 10.1. The molecule has 6 nitrogen and oxygen atoms in total. The Hall–Kier alpha value is -2.68. The minimum absolute atomic E-state index is 0.367.